The molecular formula is C19H35N3. The van der Waals surface area contributed by atoms with Crippen molar-refractivity contribution < 1.29 is 0 Å². The van der Waals surface area contributed by atoms with Crippen molar-refractivity contribution in [1.29, 1.82) is 0 Å². The lowest BCUT2D eigenvalue weighted by molar-refractivity contribution is 0.255. The molecule has 3 nitrogen and oxygen atoms in total. The number of nitrogens with one attached hydrogen (secondary N) is 2. The van der Waals surface area contributed by atoms with Crippen LogP contribution in [0.25, 0.3) is 0 Å². The number of dihydropyridines is 1. The minimum absolute atomic E-state index is 0.393. The molecule has 0 saturated heterocycles. The van der Waals surface area contributed by atoms with Crippen LogP contribution in [-0.2, 0) is 0 Å². The molecule has 0 amide bonds. The highest BCUT2D eigenvalue weighted by molar-refractivity contribution is 5.33. The normalized spacial score (nSPS) is 27.1. The Morgan fingerprint density at radius 2 is 2.00 bits per heavy atom. The first kappa shape index (κ1) is 17.4. The molecule has 0 bridgehead atoms. The lowest BCUT2D eigenvalue weighted by atomic mass is 9.85. The van der Waals surface area contributed by atoms with Crippen LogP contribution in [-0.4, -0.2) is 11.7 Å². The van der Waals surface area contributed by atoms with Crippen molar-refractivity contribution in [2.24, 2.45) is 11.7 Å². The summed E-state index contributed by atoms with van der Waals surface area (Å²) >= 11 is 0. The third kappa shape index (κ3) is 4.07. The molecule has 1 saturated carbocycles. The van der Waals surface area contributed by atoms with E-state index in [0.717, 1.165) is 12.8 Å². The van der Waals surface area contributed by atoms with Crippen molar-refractivity contribution >= 4 is 0 Å². The zero-order valence-corrected chi connectivity index (χ0v) is 14.8. The summed E-state index contributed by atoms with van der Waals surface area (Å²) in [6.45, 7) is 6.70. The van der Waals surface area contributed by atoms with Gasteiger partial charge in [0.2, 0.25) is 0 Å². The maximum absolute atomic E-state index is 6.92. The molecule has 4 N–H and O–H groups in total. The number of nitrogens with two attached hydrogens (primary N) is 1. The molecule has 1 heterocycles. The molecular weight excluding hydrogens is 270 g/mol. The fourth-order valence-corrected chi connectivity index (χ4v) is 3.65. The monoisotopic (exact) mass is 305 g/mol. The van der Waals surface area contributed by atoms with E-state index in [4.69, 9.17) is 5.73 Å². The summed E-state index contributed by atoms with van der Waals surface area (Å²) in [6, 6.07) is 0.465. The van der Waals surface area contributed by atoms with Crippen LogP contribution in [0.5, 0.6) is 0 Å². The second-order valence-corrected chi connectivity index (χ2v) is 7.16. The largest absolute Gasteiger partial charge is 0.383 e. The van der Waals surface area contributed by atoms with Crippen LogP contribution in [0, 0.1) is 5.92 Å². The third-order valence-corrected chi connectivity index (χ3v) is 5.33. The van der Waals surface area contributed by atoms with E-state index in [1.807, 2.05) is 0 Å². The molecule has 2 aliphatic rings. The maximum atomic E-state index is 6.92. The van der Waals surface area contributed by atoms with Crippen molar-refractivity contribution in [3.63, 3.8) is 0 Å². The van der Waals surface area contributed by atoms with Crippen LogP contribution in [0.4, 0.5) is 0 Å². The average Bonchev–Trinajstić information content (AvgIpc) is 3.05. The Labute approximate surface area is 136 Å². The van der Waals surface area contributed by atoms with Crippen LogP contribution < -0.4 is 16.4 Å². The van der Waals surface area contributed by atoms with Crippen LogP contribution in [0.2, 0.25) is 0 Å². The average molecular weight is 306 g/mol. The van der Waals surface area contributed by atoms with Gasteiger partial charge in [0.05, 0.1) is 5.70 Å². The topological polar surface area (TPSA) is 50.1 Å². The van der Waals surface area contributed by atoms with Gasteiger partial charge in [-0.2, -0.15) is 0 Å². The van der Waals surface area contributed by atoms with E-state index in [2.05, 4.69) is 43.6 Å². The van der Waals surface area contributed by atoms with Crippen molar-refractivity contribution in [1.82, 2.24) is 10.6 Å². The summed E-state index contributed by atoms with van der Waals surface area (Å²) in [7, 11) is 0. The van der Waals surface area contributed by atoms with Gasteiger partial charge < -0.3 is 16.4 Å². The van der Waals surface area contributed by atoms with E-state index >= 15 is 0 Å². The number of unbranched alkanes of at least 4 members (excludes halogenated alkanes) is 2. The Hall–Kier alpha value is -0.960. The zero-order valence-electron chi connectivity index (χ0n) is 14.8. The summed E-state index contributed by atoms with van der Waals surface area (Å²) in [4.78, 5) is 0. The van der Waals surface area contributed by atoms with E-state index in [-0.39, 0.29) is 0 Å². The minimum Gasteiger partial charge on any atom is -0.383 e. The molecule has 0 radical (unpaired) electrons. The van der Waals surface area contributed by atoms with Gasteiger partial charge in [0.15, 0.2) is 0 Å². The number of rotatable bonds is 8. The molecule has 0 aromatic heterocycles. The molecule has 22 heavy (non-hydrogen) atoms. The zero-order chi connectivity index (χ0) is 16.0. The first-order valence-electron chi connectivity index (χ1n) is 9.35. The summed E-state index contributed by atoms with van der Waals surface area (Å²) in [5.41, 5.74) is 9.04. The molecule has 0 aromatic carbocycles. The number of hydrogen-bond donors (Lipinski definition) is 3. The Balaban J connectivity index is 2.13. The van der Waals surface area contributed by atoms with Gasteiger partial charge in [0, 0.05) is 17.7 Å². The van der Waals surface area contributed by atoms with Crippen LogP contribution in [0.3, 0.4) is 0 Å². The SMILES string of the molecule is CCCCCC1=CC=C(NC(C)CC)C(N)(C2CCCC2)N1. The van der Waals surface area contributed by atoms with Gasteiger partial charge in [-0.3, -0.25) is 0 Å². The predicted molar refractivity (Wildman–Crippen MR) is 95.2 cm³/mol. The highest BCUT2D eigenvalue weighted by atomic mass is 15.2. The van der Waals surface area contributed by atoms with E-state index in [0.29, 0.717) is 12.0 Å². The molecule has 2 atom stereocenters. The molecule has 2 rings (SSSR count). The van der Waals surface area contributed by atoms with Gasteiger partial charge in [0.1, 0.15) is 5.66 Å². The van der Waals surface area contributed by atoms with Gasteiger partial charge in [-0.05, 0) is 51.2 Å². The van der Waals surface area contributed by atoms with Crippen molar-refractivity contribution in [3.05, 3.63) is 23.5 Å². The Morgan fingerprint density at radius 3 is 2.64 bits per heavy atom. The molecule has 2 unspecified atom stereocenters. The van der Waals surface area contributed by atoms with Crippen LogP contribution in [0.15, 0.2) is 23.5 Å². The fourth-order valence-electron chi connectivity index (χ4n) is 3.65. The standard InChI is InChI=1S/C19H35N3/c1-4-6-7-12-17-13-14-18(21-15(3)5-2)19(20,22-17)16-10-8-9-11-16/h13-16,21-22H,4-12,20H2,1-3H3. The summed E-state index contributed by atoms with van der Waals surface area (Å²) in [6.07, 6.45) is 15.6. The van der Waals surface area contributed by atoms with Gasteiger partial charge >= 0.3 is 0 Å². The lowest BCUT2D eigenvalue weighted by Crippen LogP contribution is -2.63. The first-order chi connectivity index (χ1) is 10.6. The molecule has 1 aliphatic heterocycles. The van der Waals surface area contributed by atoms with Crippen LogP contribution >= 0.6 is 0 Å². The molecule has 1 fully saturated rings. The Morgan fingerprint density at radius 1 is 1.27 bits per heavy atom. The van der Waals surface area contributed by atoms with Gasteiger partial charge in [-0.15, -0.1) is 0 Å². The molecule has 126 valence electrons. The second kappa shape index (κ2) is 8.05. The van der Waals surface area contributed by atoms with Crippen molar-refractivity contribution in [3.8, 4) is 0 Å². The highest BCUT2D eigenvalue weighted by Crippen LogP contribution is 2.37. The molecule has 1 aliphatic carbocycles. The third-order valence-electron chi connectivity index (χ3n) is 5.33. The van der Waals surface area contributed by atoms with Gasteiger partial charge in [0.25, 0.3) is 0 Å². The molecule has 0 aromatic rings. The summed E-state index contributed by atoms with van der Waals surface area (Å²) in [5, 5.41) is 7.37. The minimum atomic E-state index is -0.393. The van der Waals surface area contributed by atoms with E-state index < -0.39 is 5.66 Å². The van der Waals surface area contributed by atoms with E-state index in [1.54, 1.807) is 0 Å². The first-order valence-corrected chi connectivity index (χ1v) is 9.35. The Kier molecular flexibility index (Phi) is 6.37. The fraction of sp³-hybridized carbons (Fsp3) is 0.789. The summed E-state index contributed by atoms with van der Waals surface area (Å²) in [5.74, 6) is 0.546. The molecule has 0 spiro atoms. The quantitative estimate of drug-likeness (QED) is 0.590. The van der Waals surface area contributed by atoms with Gasteiger partial charge in [-0.25, -0.2) is 0 Å². The van der Waals surface area contributed by atoms with Gasteiger partial charge in [-0.1, -0.05) is 39.5 Å². The van der Waals surface area contributed by atoms with Crippen molar-refractivity contribution in [2.75, 3.05) is 0 Å². The van der Waals surface area contributed by atoms with E-state index in [1.165, 1.54) is 56.3 Å². The number of allylic oxidation sites excluding steroid dienone is 3. The summed E-state index contributed by atoms with van der Waals surface area (Å²) < 4.78 is 0. The predicted octanol–water partition coefficient (Wildman–Crippen LogP) is 4.17. The number of hydrogen-bond acceptors (Lipinski definition) is 3. The van der Waals surface area contributed by atoms with Crippen molar-refractivity contribution in [2.45, 2.75) is 90.3 Å². The maximum Gasteiger partial charge on any atom is 0.129 e. The second-order valence-electron chi connectivity index (χ2n) is 7.16. The highest BCUT2D eigenvalue weighted by Gasteiger charge is 2.41. The Bertz CT molecular complexity index is 407. The lowest BCUT2D eigenvalue weighted by Gasteiger charge is -2.43. The van der Waals surface area contributed by atoms with Crippen LogP contribution in [0.1, 0.15) is 78.6 Å². The molecule has 3 heteroatoms. The smallest absolute Gasteiger partial charge is 0.129 e. The van der Waals surface area contributed by atoms with E-state index in [9.17, 15) is 0 Å².